The maximum Gasteiger partial charge on any atom is 0.235 e. The Balaban J connectivity index is 3.21. The Hall–Kier alpha value is -1.69. The quantitative estimate of drug-likeness (QED) is 0.451. The first-order chi connectivity index (χ1) is 8.62. The summed E-state index contributed by atoms with van der Waals surface area (Å²) >= 11 is 1.63. The minimum Gasteiger partial charge on any atom is -0.496 e. The van der Waals surface area contributed by atoms with Crippen LogP contribution in [0.25, 0.3) is 6.08 Å². The molecule has 0 fully saturated rings. The molecule has 0 aliphatic heterocycles. The number of thioether (sulfide) groups is 1. The van der Waals surface area contributed by atoms with Gasteiger partial charge < -0.3 is 9.47 Å². The van der Waals surface area contributed by atoms with Crippen LogP contribution in [0.1, 0.15) is 12.5 Å². The molecule has 1 aromatic rings. The van der Waals surface area contributed by atoms with Crippen molar-refractivity contribution in [2.24, 2.45) is 0 Å². The molecule has 0 amide bonds. The van der Waals surface area contributed by atoms with Crippen molar-refractivity contribution in [2.45, 2.75) is 11.8 Å². The Morgan fingerprint density at radius 2 is 2.00 bits per heavy atom. The van der Waals surface area contributed by atoms with Gasteiger partial charge in [0, 0.05) is 11.6 Å². The van der Waals surface area contributed by atoms with Gasteiger partial charge >= 0.3 is 0 Å². The number of rotatable bonds is 6. The number of methoxy groups -OCH3 is 2. The SMILES string of the molecule is CCSc1cc(OC)c(/C=C/[N+](=O)[O-])cc1OC. The predicted molar refractivity (Wildman–Crippen MR) is 72.0 cm³/mol. The van der Waals surface area contributed by atoms with Crippen molar-refractivity contribution in [3.8, 4) is 11.5 Å². The average Bonchev–Trinajstić information content (AvgIpc) is 2.36. The lowest BCUT2D eigenvalue weighted by Gasteiger charge is -2.11. The maximum absolute atomic E-state index is 10.3. The summed E-state index contributed by atoms with van der Waals surface area (Å²) in [5.41, 5.74) is 0.617. The van der Waals surface area contributed by atoms with Crippen molar-refractivity contribution >= 4 is 17.8 Å². The van der Waals surface area contributed by atoms with Crippen molar-refractivity contribution in [3.05, 3.63) is 34.0 Å². The van der Waals surface area contributed by atoms with E-state index < -0.39 is 4.92 Å². The van der Waals surface area contributed by atoms with Crippen LogP contribution >= 0.6 is 11.8 Å². The first-order valence-corrected chi connectivity index (χ1v) is 6.31. The van der Waals surface area contributed by atoms with Gasteiger partial charge in [0.2, 0.25) is 6.20 Å². The van der Waals surface area contributed by atoms with Crippen LogP contribution in [0.2, 0.25) is 0 Å². The highest BCUT2D eigenvalue weighted by atomic mass is 32.2. The third kappa shape index (κ3) is 3.66. The Kier molecular flexibility index (Phi) is 5.51. The van der Waals surface area contributed by atoms with Gasteiger partial charge in [-0.2, -0.15) is 0 Å². The number of benzene rings is 1. The maximum atomic E-state index is 10.3. The number of nitro groups is 1. The Morgan fingerprint density at radius 1 is 1.33 bits per heavy atom. The van der Waals surface area contributed by atoms with Gasteiger partial charge in [-0.1, -0.05) is 6.92 Å². The van der Waals surface area contributed by atoms with Gasteiger partial charge in [-0.3, -0.25) is 10.1 Å². The summed E-state index contributed by atoms with van der Waals surface area (Å²) in [6, 6.07) is 3.56. The largest absolute Gasteiger partial charge is 0.496 e. The van der Waals surface area contributed by atoms with Gasteiger partial charge in [0.05, 0.1) is 24.0 Å². The van der Waals surface area contributed by atoms with Gasteiger partial charge in [-0.25, -0.2) is 0 Å². The molecule has 0 aliphatic carbocycles. The van der Waals surface area contributed by atoms with Crippen LogP contribution < -0.4 is 9.47 Å². The molecule has 0 unspecified atom stereocenters. The van der Waals surface area contributed by atoms with Gasteiger partial charge in [-0.15, -0.1) is 11.8 Å². The molecular weight excluding hydrogens is 254 g/mol. The molecule has 0 atom stereocenters. The van der Waals surface area contributed by atoms with Crippen molar-refractivity contribution in [1.29, 1.82) is 0 Å². The number of ether oxygens (including phenoxy) is 2. The van der Waals surface area contributed by atoms with Crippen LogP contribution in [-0.2, 0) is 0 Å². The van der Waals surface area contributed by atoms with E-state index in [0.717, 1.165) is 16.8 Å². The third-order valence-electron chi connectivity index (χ3n) is 2.19. The molecule has 1 aromatic carbocycles. The summed E-state index contributed by atoms with van der Waals surface area (Å²) in [5, 5.41) is 10.3. The molecule has 0 saturated carbocycles. The van der Waals surface area contributed by atoms with E-state index in [1.54, 1.807) is 24.9 Å². The molecule has 1 rings (SSSR count). The topological polar surface area (TPSA) is 61.6 Å². The minimum absolute atomic E-state index is 0.513. The Bertz CT molecular complexity index is 460. The second kappa shape index (κ2) is 6.90. The molecule has 0 radical (unpaired) electrons. The molecule has 0 aliphatic rings. The van der Waals surface area contributed by atoms with E-state index in [0.29, 0.717) is 17.1 Å². The second-order valence-corrected chi connectivity index (χ2v) is 4.58. The third-order valence-corrected chi connectivity index (χ3v) is 3.11. The summed E-state index contributed by atoms with van der Waals surface area (Å²) in [7, 11) is 3.11. The number of hydrogen-bond donors (Lipinski definition) is 0. The van der Waals surface area contributed by atoms with E-state index in [2.05, 4.69) is 0 Å². The predicted octanol–water partition coefficient (Wildman–Crippen LogP) is 3.06. The molecule has 6 heteroatoms. The van der Waals surface area contributed by atoms with Crippen molar-refractivity contribution < 1.29 is 14.4 Å². The van der Waals surface area contributed by atoms with Crippen LogP contribution in [0.4, 0.5) is 0 Å². The molecule has 0 N–H and O–H groups in total. The van der Waals surface area contributed by atoms with E-state index in [4.69, 9.17) is 9.47 Å². The second-order valence-electron chi connectivity index (χ2n) is 3.28. The summed E-state index contributed by atoms with van der Waals surface area (Å²) in [5.74, 6) is 2.18. The van der Waals surface area contributed by atoms with Crippen LogP contribution in [-0.4, -0.2) is 24.9 Å². The van der Waals surface area contributed by atoms with Crippen molar-refractivity contribution in [1.82, 2.24) is 0 Å². The van der Waals surface area contributed by atoms with E-state index in [-0.39, 0.29) is 0 Å². The fraction of sp³-hybridized carbons (Fsp3) is 0.333. The van der Waals surface area contributed by atoms with E-state index >= 15 is 0 Å². The first kappa shape index (κ1) is 14.4. The van der Waals surface area contributed by atoms with Crippen molar-refractivity contribution in [3.63, 3.8) is 0 Å². The molecule has 98 valence electrons. The average molecular weight is 269 g/mol. The van der Waals surface area contributed by atoms with E-state index in [1.807, 2.05) is 13.0 Å². The number of hydrogen-bond acceptors (Lipinski definition) is 5. The van der Waals surface area contributed by atoms with Crippen molar-refractivity contribution in [2.75, 3.05) is 20.0 Å². The van der Waals surface area contributed by atoms with Crippen LogP contribution in [0.3, 0.4) is 0 Å². The van der Waals surface area contributed by atoms with Crippen LogP contribution in [0, 0.1) is 10.1 Å². The molecule has 5 nitrogen and oxygen atoms in total. The summed E-state index contributed by atoms with van der Waals surface area (Å²) in [6.45, 7) is 2.04. The molecule has 0 aromatic heterocycles. The van der Waals surface area contributed by atoms with Gasteiger partial charge in [0.1, 0.15) is 11.5 Å². The van der Waals surface area contributed by atoms with Gasteiger partial charge in [0.15, 0.2) is 0 Å². The summed E-state index contributed by atoms with van der Waals surface area (Å²) < 4.78 is 10.5. The molecular formula is C12H15NO4S. The zero-order chi connectivity index (χ0) is 13.5. The highest BCUT2D eigenvalue weighted by Crippen LogP contribution is 2.36. The smallest absolute Gasteiger partial charge is 0.235 e. The fourth-order valence-corrected chi connectivity index (χ4v) is 2.22. The lowest BCUT2D eigenvalue weighted by Crippen LogP contribution is -1.93. The molecule has 0 saturated heterocycles. The normalized spacial score (nSPS) is 10.6. The van der Waals surface area contributed by atoms with E-state index in [1.165, 1.54) is 13.2 Å². The molecule has 0 heterocycles. The summed E-state index contributed by atoms with van der Waals surface area (Å²) in [4.78, 5) is 10.8. The van der Waals surface area contributed by atoms with E-state index in [9.17, 15) is 10.1 Å². The molecule has 0 bridgehead atoms. The Morgan fingerprint density at radius 3 is 2.50 bits per heavy atom. The Labute approximate surface area is 110 Å². The molecule has 0 spiro atoms. The lowest BCUT2D eigenvalue weighted by molar-refractivity contribution is -0.400. The van der Waals surface area contributed by atoms with Gasteiger partial charge in [0.25, 0.3) is 0 Å². The standard InChI is InChI=1S/C12H15NO4S/c1-4-18-12-8-10(16-2)9(5-6-13(14)15)7-11(12)17-3/h5-8H,4H2,1-3H3/b6-5+. The zero-order valence-electron chi connectivity index (χ0n) is 10.5. The lowest BCUT2D eigenvalue weighted by atomic mass is 10.2. The fourth-order valence-electron chi connectivity index (χ4n) is 1.43. The first-order valence-electron chi connectivity index (χ1n) is 5.32. The summed E-state index contributed by atoms with van der Waals surface area (Å²) in [6.07, 6.45) is 2.27. The highest BCUT2D eigenvalue weighted by Gasteiger charge is 2.10. The minimum atomic E-state index is -0.513. The zero-order valence-corrected chi connectivity index (χ0v) is 11.3. The number of nitrogens with zero attached hydrogens (tertiary/aromatic N) is 1. The highest BCUT2D eigenvalue weighted by molar-refractivity contribution is 7.99. The van der Waals surface area contributed by atoms with Gasteiger partial charge in [-0.05, 0) is 17.9 Å². The molecule has 18 heavy (non-hydrogen) atoms. The monoisotopic (exact) mass is 269 g/mol. The van der Waals surface area contributed by atoms with Crippen LogP contribution in [0.15, 0.2) is 23.2 Å². The van der Waals surface area contributed by atoms with Crippen LogP contribution in [0.5, 0.6) is 11.5 Å².